The Bertz CT molecular complexity index is 987. The van der Waals surface area contributed by atoms with Crippen molar-refractivity contribution in [2.45, 2.75) is 51.6 Å². The summed E-state index contributed by atoms with van der Waals surface area (Å²) in [4.78, 5) is 27.0. The summed E-state index contributed by atoms with van der Waals surface area (Å²) >= 11 is 0. The number of fused-ring (bicyclic) bond motifs is 1. The van der Waals surface area contributed by atoms with E-state index in [9.17, 15) is 14.9 Å². The third-order valence-electron chi connectivity index (χ3n) is 5.95. The minimum atomic E-state index is -0.873. The molecule has 1 heterocycles. The highest BCUT2D eigenvalue weighted by molar-refractivity contribution is 5.88. The van der Waals surface area contributed by atoms with Gasteiger partial charge in [0.05, 0.1) is 16.6 Å². The summed E-state index contributed by atoms with van der Waals surface area (Å²) in [7, 11) is 0. The maximum atomic E-state index is 13.6. The molecule has 0 spiro atoms. The number of anilines is 1. The number of likely N-dealkylation sites (N-methyl/N-ethyl adjacent to an activating group) is 1. The van der Waals surface area contributed by atoms with Crippen LogP contribution >= 0.6 is 0 Å². The molecular weight excluding hydrogens is 398 g/mol. The zero-order valence-corrected chi connectivity index (χ0v) is 17.8. The number of hydrogen-bond acceptors (Lipinski definition) is 6. The molecule has 164 valence electrons. The van der Waals surface area contributed by atoms with E-state index >= 15 is 0 Å². The molecule has 0 radical (unpaired) electrons. The molecule has 2 aromatic carbocycles. The fourth-order valence-corrected chi connectivity index (χ4v) is 4.45. The Hall–Kier alpha value is -3.29. The van der Waals surface area contributed by atoms with E-state index in [1.165, 1.54) is 6.07 Å². The molecule has 1 N–H and O–H groups in total. The molecule has 8 heteroatoms. The number of nitro benzene ring substituents is 1. The molecule has 1 saturated carbocycles. The number of benzene rings is 2. The number of carbonyl (C=O) groups is 1. The second-order valence-corrected chi connectivity index (χ2v) is 8.04. The van der Waals surface area contributed by atoms with Crippen LogP contribution in [0.3, 0.4) is 0 Å². The quantitative estimate of drug-likeness (QED) is 0.526. The zero-order valence-electron chi connectivity index (χ0n) is 17.8. The summed E-state index contributed by atoms with van der Waals surface area (Å²) in [5, 5.41) is 15.1. The molecule has 1 aliphatic heterocycles. The fourth-order valence-electron chi connectivity index (χ4n) is 4.45. The highest BCUT2D eigenvalue weighted by Gasteiger charge is 2.36. The Morgan fingerprint density at radius 2 is 1.94 bits per heavy atom. The lowest BCUT2D eigenvalue weighted by molar-refractivity contribution is -0.385. The lowest BCUT2D eigenvalue weighted by atomic mass is 9.99. The van der Waals surface area contributed by atoms with Crippen LogP contribution in [-0.2, 0) is 4.79 Å². The van der Waals surface area contributed by atoms with Gasteiger partial charge in [-0.15, -0.1) is 0 Å². The molecule has 1 amide bonds. The van der Waals surface area contributed by atoms with Gasteiger partial charge in [-0.3, -0.25) is 14.9 Å². The van der Waals surface area contributed by atoms with Gasteiger partial charge < -0.3 is 19.7 Å². The lowest BCUT2D eigenvalue weighted by Crippen LogP contribution is -2.44. The molecule has 0 bridgehead atoms. The van der Waals surface area contributed by atoms with E-state index in [-0.39, 0.29) is 24.4 Å². The molecule has 0 saturated heterocycles. The first-order chi connectivity index (χ1) is 15.0. The van der Waals surface area contributed by atoms with Crippen molar-refractivity contribution >= 4 is 17.3 Å². The highest BCUT2D eigenvalue weighted by atomic mass is 16.7. The Morgan fingerprint density at radius 3 is 2.58 bits per heavy atom. The van der Waals surface area contributed by atoms with E-state index in [4.69, 9.17) is 9.47 Å². The number of nitro groups is 1. The number of nitrogens with zero attached hydrogens (tertiary/aromatic N) is 2. The van der Waals surface area contributed by atoms with E-state index < -0.39 is 11.0 Å². The topological polar surface area (TPSA) is 93.9 Å². The first-order valence-corrected chi connectivity index (χ1v) is 10.7. The molecule has 31 heavy (non-hydrogen) atoms. The Kier molecular flexibility index (Phi) is 5.97. The normalized spacial score (nSPS) is 16.2. The third-order valence-corrected chi connectivity index (χ3v) is 5.95. The summed E-state index contributed by atoms with van der Waals surface area (Å²) in [6, 6.07) is 9.97. The van der Waals surface area contributed by atoms with Crippen LogP contribution in [0, 0.1) is 17.0 Å². The largest absolute Gasteiger partial charge is 0.454 e. The summed E-state index contributed by atoms with van der Waals surface area (Å²) in [6.45, 7) is 4.42. The maximum absolute atomic E-state index is 13.6. The van der Waals surface area contributed by atoms with Gasteiger partial charge in [0.25, 0.3) is 5.69 Å². The molecule has 1 aliphatic carbocycles. The minimum absolute atomic E-state index is 0.00422. The summed E-state index contributed by atoms with van der Waals surface area (Å²) in [5.74, 6) is 0.501. The summed E-state index contributed by atoms with van der Waals surface area (Å²) in [6.07, 6.45) is 4.01. The highest BCUT2D eigenvalue weighted by Crippen LogP contribution is 2.42. The van der Waals surface area contributed by atoms with Gasteiger partial charge in [-0.1, -0.05) is 25.0 Å². The van der Waals surface area contributed by atoms with E-state index in [0.29, 0.717) is 23.6 Å². The van der Waals surface area contributed by atoms with Crippen molar-refractivity contribution in [2.75, 3.05) is 18.2 Å². The maximum Gasteiger partial charge on any atom is 0.279 e. The number of ether oxygens (including phenoxy) is 2. The molecule has 0 aromatic heterocycles. The van der Waals surface area contributed by atoms with Gasteiger partial charge >= 0.3 is 0 Å². The zero-order chi connectivity index (χ0) is 22.0. The number of hydrogen-bond donors (Lipinski definition) is 1. The van der Waals surface area contributed by atoms with E-state index in [0.717, 1.165) is 36.9 Å². The van der Waals surface area contributed by atoms with Crippen LogP contribution in [0.25, 0.3) is 0 Å². The van der Waals surface area contributed by atoms with Crippen LogP contribution in [0.1, 0.15) is 49.8 Å². The smallest absolute Gasteiger partial charge is 0.279 e. The predicted octanol–water partition coefficient (Wildman–Crippen LogP) is 4.26. The van der Waals surface area contributed by atoms with Crippen molar-refractivity contribution in [3.8, 4) is 11.5 Å². The standard InChI is InChI=1S/C23H27N3O5/c1-3-25(17-10-6-7-15(2)11-17)22(23(27)24-16-8-4-5-9-16)18-12-20-21(31-14-30-20)13-19(18)26(28)29/h6-7,10-13,16,22H,3-5,8-9,14H2,1-2H3,(H,24,27)/t22-/m1/s1. The monoisotopic (exact) mass is 425 g/mol. The number of nitrogens with one attached hydrogen (secondary N) is 1. The average molecular weight is 425 g/mol. The molecule has 0 unspecified atom stereocenters. The van der Waals surface area contributed by atoms with Gasteiger partial charge in [0, 0.05) is 18.3 Å². The van der Waals surface area contributed by atoms with Gasteiger partial charge in [-0.2, -0.15) is 0 Å². The molecule has 2 aliphatic rings. The molecule has 8 nitrogen and oxygen atoms in total. The van der Waals surface area contributed by atoms with Crippen LogP contribution in [-0.4, -0.2) is 30.2 Å². The minimum Gasteiger partial charge on any atom is -0.454 e. The lowest BCUT2D eigenvalue weighted by Gasteiger charge is -2.33. The SMILES string of the molecule is CCN(c1cccc(C)c1)[C@@H](C(=O)NC1CCCC1)c1cc2c(cc1[N+](=O)[O-])OCO2. The van der Waals surface area contributed by atoms with Crippen molar-refractivity contribution in [1.82, 2.24) is 5.32 Å². The number of aryl methyl sites for hydroxylation is 1. The van der Waals surface area contributed by atoms with Crippen LogP contribution in [0.15, 0.2) is 36.4 Å². The number of rotatable bonds is 7. The molecule has 1 fully saturated rings. The third kappa shape index (κ3) is 4.28. The first kappa shape index (κ1) is 21.0. The Balaban J connectivity index is 1.82. The second kappa shape index (κ2) is 8.83. The van der Waals surface area contributed by atoms with Crippen LogP contribution < -0.4 is 19.7 Å². The van der Waals surface area contributed by atoms with E-state index in [2.05, 4.69) is 5.32 Å². The average Bonchev–Trinajstić information content (AvgIpc) is 3.42. The molecular formula is C23H27N3O5. The van der Waals surface area contributed by atoms with Gasteiger partial charge in [0.2, 0.25) is 12.7 Å². The van der Waals surface area contributed by atoms with Gasteiger partial charge in [-0.25, -0.2) is 0 Å². The van der Waals surface area contributed by atoms with Crippen molar-refractivity contribution < 1.29 is 19.2 Å². The van der Waals surface area contributed by atoms with Crippen LogP contribution in [0.2, 0.25) is 0 Å². The Labute approximate surface area is 181 Å². The van der Waals surface area contributed by atoms with Crippen molar-refractivity contribution in [1.29, 1.82) is 0 Å². The molecule has 1 atom stereocenters. The summed E-state index contributed by atoms with van der Waals surface area (Å²) < 4.78 is 10.8. The van der Waals surface area contributed by atoms with Crippen LogP contribution in [0.5, 0.6) is 11.5 Å². The number of carbonyl (C=O) groups excluding carboxylic acids is 1. The van der Waals surface area contributed by atoms with Gasteiger partial charge in [0.15, 0.2) is 11.5 Å². The van der Waals surface area contributed by atoms with E-state index in [1.54, 1.807) is 6.07 Å². The van der Waals surface area contributed by atoms with Crippen LogP contribution in [0.4, 0.5) is 11.4 Å². The van der Waals surface area contributed by atoms with Gasteiger partial charge in [0.1, 0.15) is 6.04 Å². The fraction of sp³-hybridized carbons (Fsp3) is 0.435. The van der Waals surface area contributed by atoms with E-state index in [1.807, 2.05) is 43.0 Å². The van der Waals surface area contributed by atoms with Crippen molar-refractivity contribution in [2.24, 2.45) is 0 Å². The molecule has 4 rings (SSSR count). The number of amides is 1. The predicted molar refractivity (Wildman–Crippen MR) is 117 cm³/mol. The second-order valence-electron chi connectivity index (χ2n) is 8.04. The molecule has 2 aromatic rings. The van der Waals surface area contributed by atoms with Gasteiger partial charge in [-0.05, 0) is 50.5 Å². The first-order valence-electron chi connectivity index (χ1n) is 10.7. The van der Waals surface area contributed by atoms with Crippen molar-refractivity contribution in [3.05, 3.63) is 57.6 Å². The van der Waals surface area contributed by atoms with Crippen molar-refractivity contribution in [3.63, 3.8) is 0 Å². The summed E-state index contributed by atoms with van der Waals surface area (Å²) in [5.41, 5.74) is 2.03. The Morgan fingerprint density at radius 1 is 1.23 bits per heavy atom.